The van der Waals surface area contributed by atoms with E-state index >= 15 is 0 Å². The molecule has 0 radical (unpaired) electrons. The van der Waals surface area contributed by atoms with E-state index in [1.807, 2.05) is 0 Å². The number of carbonyl (C=O) groups is 1. The molecule has 2 rings (SSSR count). The Kier molecular flexibility index (Phi) is 2.70. The molecule has 5 nitrogen and oxygen atoms in total. The molecule has 3 N–H and O–H groups in total. The van der Waals surface area contributed by atoms with E-state index in [-0.39, 0.29) is 5.75 Å². The molecule has 1 aliphatic rings. The van der Waals surface area contributed by atoms with Gasteiger partial charge in [0.05, 0.1) is 7.11 Å². The fraction of sp³-hybridized carbons (Fsp3) is 0.364. The average molecular weight is 223 g/mol. The molecule has 0 bridgehead atoms. The molecule has 1 aromatic rings. The minimum atomic E-state index is -0.863. The van der Waals surface area contributed by atoms with Crippen LogP contribution in [0, 0.1) is 0 Å². The second kappa shape index (κ2) is 4.02. The molecule has 0 aromatic heterocycles. The van der Waals surface area contributed by atoms with Crippen LogP contribution in [0.15, 0.2) is 12.1 Å². The number of fused-ring (bicyclic) bond motifs is 1. The highest BCUT2D eigenvalue weighted by Crippen LogP contribution is 2.31. The van der Waals surface area contributed by atoms with Crippen LogP contribution in [0.25, 0.3) is 0 Å². The van der Waals surface area contributed by atoms with Gasteiger partial charge in [0.1, 0.15) is 6.04 Å². The minimum Gasteiger partial charge on any atom is -0.504 e. The number of aromatic hydroxyl groups is 1. The lowest BCUT2D eigenvalue weighted by molar-refractivity contribution is -0.139. The van der Waals surface area contributed by atoms with Gasteiger partial charge in [0.25, 0.3) is 0 Å². The Morgan fingerprint density at radius 3 is 2.88 bits per heavy atom. The zero-order valence-electron chi connectivity index (χ0n) is 8.86. The van der Waals surface area contributed by atoms with Crippen LogP contribution in [0.1, 0.15) is 11.1 Å². The lowest BCUT2D eigenvalue weighted by Gasteiger charge is -2.23. The molecular formula is C11H13NO4. The van der Waals surface area contributed by atoms with Crippen molar-refractivity contribution in [2.24, 2.45) is 0 Å². The third-order valence-electron chi connectivity index (χ3n) is 2.76. The van der Waals surface area contributed by atoms with Crippen LogP contribution in [0.2, 0.25) is 0 Å². The number of ether oxygens (including phenoxy) is 1. The predicted molar refractivity (Wildman–Crippen MR) is 56.6 cm³/mol. The minimum absolute atomic E-state index is 0.0804. The molecule has 0 fully saturated rings. The number of carboxylic acids is 1. The number of rotatable bonds is 2. The van der Waals surface area contributed by atoms with Crippen molar-refractivity contribution in [3.05, 3.63) is 23.3 Å². The van der Waals surface area contributed by atoms with Crippen LogP contribution < -0.4 is 10.1 Å². The molecule has 0 unspecified atom stereocenters. The molecule has 0 saturated heterocycles. The molecule has 1 aromatic carbocycles. The van der Waals surface area contributed by atoms with Crippen LogP contribution in [-0.2, 0) is 17.8 Å². The molecule has 0 aliphatic carbocycles. The van der Waals surface area contributed by atoms with E-state index < -0.39 is 12.0 Å². The van der Waals surface area contributed by atoms with Crippen LogP contribution >= 0.6 is 0 Å². The number of methoxy groups -OCH3 is 1. The van der Waals surface area contributed by atoms with E-state index in [0.29, 0.717) is 18.7 Å². The summed E-state index contributed by atoms with van der Waals surface area (Å²) < 4.78 is 4.99. The number of phenols is 1. The van der Waals surface area contributed by atoms with Gasteiger partial charge in [-0.1, -0.05) is 0 Å². The molecule has 0 spiro atoms. The maximum Gasteiger partial charge on any atom is 0.321 e. The highest BCUT2D eigenvalue weighted by molar-refractivity contribution is 5.74. The molecule has 16 heavy (non-hydrogen) atoms. The summed E-state index contributed by atoms with van der Waals surface area (Å²) in [6.07, 6.45) is 0.404. The SMILES string of the molecule is COc1cc2c(cc1O)CN[C@@H](C(=O)O)C2. The van der Waals surface area contributed by atoms with Gasteiger partial charge in [-0.3, -0.25) is 4.79 Å². The van der Waals surface area contributed by atoms with Crippen molar-refractivity contribution < 1.29 is 19.7 Å². The maximum absolute atomic E-state index is 10.8. The number of nitrogens with one attached hydrogen (secondary N) is 1. The fourth-order valence-electron chi connectivity index (χ4n) is 1.87. The molecule has 0 amide bonds. The standard InChI is InChI=1S/C11H13NO4/c1-16-10-4-6-2-8(11(14)15)12-5-7(6)3-9(10)13/h3-4,8,12-13H,2,5H2,1H3,(H,14,15)/t8-/m1/s1. The number of hydrogen-bond donors (Lipinski definition) is 3. The lowest BCUT2D eigenvalue weighted by Crippen LogP contribution is -2.41. The Hall–Kier alpha value is -1.75. The van der Waals surface area contributed by atoms with Crippen LogP contribution in [0.4, 0.5) is 0 Å². The van der Waals surface area contributed by atoms with Crippen molar-refractivity contribution >= 4 is 5.97 Å². The highest BCUT2D eigenvalue weighted by atomic mass is 16.5. The first-order valence-electron chi connectivity index (χ1n) is 4.96. The van der Waals surface area contributed by atoms with Gasteiger partial charge < -0.3 is 20.3 Å². The molecule has 1 aliphatic heterocycles. The number of benzene rings is 1. The summed E-state index contributed by atoms with van der Waals surface area (Å²) in [6, 6.07) is 2.74. The first-order chi connectivity index (χ1) is 7.61. The molecule has 1 heterocycles. The van der Waals surface area contributed by atoms with E-state index in [1.54, 1.807) is 12.1 Å². The Balaban J connectivity index is 2.34. The van der Waals surface area contributed by atoms with Crippen molar-refractivity contribution in [1.82, 2.24) is 5.32 Å². The van der Waals surface area contributed by atoms with Crippen molar-refractivity contribution in [2.75, 3.05) is 7.11 Å². The molecule has 1 atom stereocenters. The second-order valence-corrected chi connectivity index (χ2v) is 3.77. The van der Waals surface area contributed by atoms with Crippen molar-refractivity contribution in [2.45, 2.75) is 19.0 Å². The second-order valence-electron chi connectivity index (χ2n) is 3.77. The van der Waals surface area contributed by atoms with Crippen molar-refractivity contribution in [3.63, 3.8) is 0 Å². The summed E-state index contributed by atoms with van der Waals surface area (Å²) in [6.45, 7) is 0.448. The van der Waals surface area contributed by atoms with E-state index in [9.17, 15) is 9.90 Å². The summed E-state index contributed by atoms with van der Waals surface area (Å²) in [7, 11) is 1.47. The number of carboxylic acid groups (broad SMARTS) is 1. The number of aliphatic carboxylic acids is 1. The molecular weight excluding hydrogens is 210 g/mol. The summed E-state index contributed by atoms with van der Waals surface area (Å²) >= 11 is 0. The molecule has 5 heteroatoms. The number of hydrogen-bond acceptors (Lipinski definition) is 4. The zero-order valence-corrected chi connectivity index (χ0v) is 8.86. The Morgan fingerprint density at radius 1 is 1.50 bits per heavy atom. The van der Waals surface area contributed by atoms with Gasteiger partial charge in [-0.05, 0) is 29.7 Å². The predicted octanol–water partition coefficient (Wildman–Crippen LogP) is 0.500. The highest BCUT2D eigenvalue weighted by Gasteiger charge is 2.24. The van der Waals surface area contributed by atoms with Gasteiger partial charge >= 0.3 is 5.97 Å². The summed E-state index contributed by atoms with van der Waals surface area (Å²) in [4.78, 5) is 10.8. The van der Waals surface area contributed by atoms with E-state index in [4.69, 9.17) is 9.84 Å². The van der Waals surface area contributed by atoms with Gasteiger partial charge in [0, 0.05) is 6.54 Å². The molecule has 86 valence electrons. The zero-order chi connectivity index (χ0) is 11.7. The van der Waals surface area contributed by atoms with Crippen LogP contribution in [-0.4, -0.2) is 29.3 Å². The van der Waals surface area contributed by atoms with E-state index in [2.05, 4.69) is 5.32 Å². The first kappa shape index (κ1) is 10.8. The van der Waals surface area contributed by atoms with Crippen molar-refractivity contribution in [1.29, 1.82) is 0 Å². The van der Waals surface area contributed by atoms with Crippen LogP contribution in [0.3, 0.4) is 0 Å². The monoisotopic (exact) mass is 223 g/mol. The van der Waals surface area contributed by atoms with Gasteiger partial charge in [-0.25, -0.2) is 0 Å². The number of phenolic OH excluding ortho intramolecular Hbond substituents is 1. The Labute approximate surface area is 92.7 Å². The summed E-state index contributed by atoms with van der Waals surface area (Å²) in [5, 5.41) is 21.4. The average Bonchev–Trinajstić information content (AvgIpc) is 2.27. The van der Waals surface area contributed by atoms with E-state index in [0.717, 1.165) is 11.1 Å². The third-order valence-corrected chi connectivity index (χ3v) is 2.76. The van der Waals surface area contributed by atoms with E-state index in [1.165, 1.54) is 7.11 Å². The normalized spacial score (nSPS) is 18.9. The summed E-state index contributed by atoms with van der Waals surface area (Å²) in [5.41, 5.74) is 1.82. The van der Waals surface area contributed by atoms with Crippen molar-refractivity contribution in [3.8, 4) is 11.5 Å². The Morgan fingerprint density at radius 2 is 2.25 bits per heavy atom. The quantitative estimate of drug-likeness (QED) is 0.680. The summed E-state index contributed by atoms with van der Waals surface area (Å²) in [5.74, 6) is -0.403. The molecule has 0 saturated carbocycles. The first-order valence-corrected chi connectivity index (χ1v) is 4.96. The topological polar surface area (TPSA) is 78.8 Å². The lowest BCUT2D eigenvalue weighted by atomic mass is 9.95. The van der Waals surface area contributed by atoms with Gasteiger partial charge in [0.15, 0.2) is 11.5 Å². The largest absolute Gasteiger partial charge is 0.504 e. The Bertz CT molecular complexity index is 430. The van der Waals surface area contributed by atoms with Gasteiger partial charge in [0.2, 0.25) is 0 Å². The smallest absolute Gasteiger partial charge is 0.321 e. The van der Waals surface area contributed by atoms with Gasteiger partial charge in [-0.2, -0.15) is 0 Å². The van der Waals surface area contributed by atoms with Crippen LogP contribution in [0.5, 0.6) is 11.5 Å². The fourth-order valence-corrected chi connectivity index (χ4v) is 1.87. The maximum atomic E-state index is 10.8. The van der Waals surface area contributed by atoms with Gasteiger partial charge in [-0.15, -0.1) is 0 Å². The third kappa shape index (κ3) is 1.81.